The van der Waals surface area contributed by atoms with E-state index in [4.69, 9.17) is 5.73 Å². The maximum Gasteiger partial charge on any atom is 0.262 e. The van der Waals surface area contributed by atoms with Gasteiger partial charge in [-0.05, 0) is 28.8 Å². The number of nitrogens with two attached hydrogens (primary N) is 1. The van der Waals surface area contributed by atoms with E-state index in [9.17, 15) is 14.4 Å². The Kier molecular flexibility index (Phi) is 3.85. The van der Waals surface area contributed by atoms with E-state index in [-0.39, 0.29) is 16.9 Å². The zero-order chi connectivity index (χ0) is 20.1. The Morgan fingerprint density at radius 3 is 2.45 bits per heavy atom. The Bertz CT molecular complexity index is 1230. The smallest absolute Gasteiger partial charge is 0.262 e. The van der Waals surface area contributed by atoms with Crippen molar-refractivity contribution < 1.29 is 9.59 Å². The van der Waals surface area contributed by atoms with E-state index in [1.54, 1.807) is 0 Å². The van der Waals surface area contributed by atoms with Gasteiger partial charge >= 0.3 is 0 Å². The fourth-order valence-corrected chi connectivity index (χ4v) is 4.09. The monoisotopic (exact) mass is 386 g/mol. The van der Waals surface area contributed by atoms with Gasteiger partial charge in [-0.15, -0.1) is 0 Å². The first-order valence-corrected chi connectivity index (χ1v) is 9.31. The van der Waals surface area contributed by atoms with Gasteiger partial charge in [0.05, 0.1) is 16.8 Å². The maximum atomic E-state index is 12.6. The molecule has 0 bridgehead atoms. The highest BCUT2D eigenvalue weighted by atomic mass is 16.2. The predicted molar refractivity (Wildman–Crippen MR) is 108 cm³/mol. The first-order chi connectivity index (χ1) is 14.0. The van der Waals surface area contributed by atoms with Gasteiger partial charge in [0.25, 0.3) is 17.4 Å². The van der Waals surface area contributed by atoms with Gasteiger partial charge in [0.2, 0.25) is 0 Å². The summed E-state index contributed by atoms with van der Waals surface area (Å²) in [5.41, 5.74) is 9.93. The number of carbonyl (C=O) groups excluding carboxylic acids is 2. The van der Waals surface area contributed by atoms with Crippen molar-refractivity contribution in [2.45, 2.75) is 19.6 Å². The van der Waals surface area contributed by atoms with E-state index in [0.717, 1.165) is 25.2 Å². The molecule has 0 saturated heterocycles. The molecule has 144 valence electrons. The average molecular weight is 386 g/mol. The van der Waals surface area contributed by atoms with Gasteiger partial charge in [-0.25, -0.2) is 0 Å². The lowest BCUT2D eigenvalue weighted by Gasteiger charge is -2.14. The molecule has 7 nitrogen and oxygen atoms in total. The van der Waals surface area contributed by atoms with E-state index in [1.165, 1.54) is 21.8 Å². The van der Waals surface area contributed by atoms with E-state index >= 15 is 0 Å². The molecule has 3 heterocycles. The van der Waals surface area contributed by atoms with Crippen LogP contribution in [0.3, 0.4) is 0 Å². The number of carbonyl (C=O) groups is 2. The fraction of sp³-hybridized carbons (Fsp3) is 0.136. The molecule has 3 N–H and O–H groups in total. The van der Waals surface area contributed by atoms with E-state index in [2.05, 4.69) is 22.3 Å². The molecule has 2 aliphatic heterocycles. The van der Waals surface area contributed by atoms with Crippen LogP contribution in [0.4, 0.5) is 5.82 Å². The number of pyridine rings is 1. The molecule has 0 saturated carbocycles. The first kappa shape index (κ1) is 17.4. The van der Waals surface area contributed by atoms with Gasteiger partial charge < -0.3 is 5.73 Å². The third-order valence-electron chi connectivity index (χ3n) is 5.44. The molecule has 0 spiro atoms. The van der Waals surface area contributed by atoms with E-state index < -0.39 is 17.4 Å². The number of imide groups is 1. The molecule has 1 aromatic heterocycles. The minimum atomic E-state index is -0.591. The highest BCUT2D eigenvalue weighted by molar-refractivity contribution is 6.23. The van der Waals surface area contributed by atoms with Crippen molar-refractivity contribution in [1.29, 1.82) is 0 Å². The second kappa shape index (κ2) is 6.42. The van der Waals surface area contributed by atoms with E-state index in [0.29, 0.717) is 5.69 Å². The maximum absolute atomic E-state index is 12.6. The molecule has 0 aliphatic carbocycles. The lowest BCUT2D eigenvalue weighted by molar-refractivity contribution is 0.0880. The number of nitrogen functional groups attached to an aromatic ring is 1. The minimum absolute atomic E-state index is 0.0186. The number of hydrogen-bond donors (Lipinski definition) is 2. The summed E-state index contributed by atoms with van der Waals surface area (Å²) in [6.45, 7) is 2.43. The predicted octanol–water partition coefficient (Wildman–Crippen LogP) is 1.82. The van der Waals surface area contributed by atoms with Gasteiger partial charge in [0.15, 0.2) is 0 Å². The van der Waals surface area contributed by atoms with Gasteiger partial charge in [0, 0.05) is 25.7 Å². The summed E-state index contributed by atoms with van der Waals surface area (Å²) in [4.78, 5) is 38.9. The topological polar surface area (TPSA) is 97.4 Å². The number of nitrogens with zero attached hydrogens (tertiary/aromatic N) is 2. The van der Waals surface area contributed by atoms with Crippen LogP contribution in [0.2, 0.25) is 0 Å². The third kappa shape index (κ3) is 2.83. The second-order valence-corrected chi connectivity index (χ2v) is 7.36. The van der Waals surface area contributed by atoms with Crippen LogP contribution in [0, 0.1) is 0 Å². The van der Waals surface area contributed by atoms with Crippen LogP contribution in [0.5, 0.6) is 0 Å². The quantitative estimate of drug-likeness (QED) is 0.669. The van der Waals surface area contributed by atoms with Crippen molar-refractivity contribution in [3.8, 4) is 5.69 Å². The SMILES string of the molecule is Nc1c2c(cc(=O)n1-c1ccc3c(c1)CN(Cc1ccccc1)C3)C(=O)NC2=O. The van der Waals surface area contributed by atoms with Crippen LogP contribution in [0.1, 0.15) is 37.4 Å². The number of rotatable bonds is 3. The molecular weight excluding hydrogens is 368 g/mol. The van der Waals surface area contributed by atoms with Gasteiger partial charge in [-0.2, -0.15) is 0 Å². The zero-order valence-corrected chi connectivity index (χ0v) is 15.5. The van der Waals surface area contributed by atoms with Crippen molar-refractivity contribution in [2.24, 2.45) is 0 Å². The zero-order valence-electron chi connectivity index (χ0n) is 15.5. The van der Waals surface area contributed by atoms with Crippen LogP contribution in [0.15, 0.2) is 59.4 Å². The second-order valence-electron chi connectivity index (χ2n) is 7.36. The summed E-state index contributed by atoms with van der Waals surface area (Å²) < 4.78 is 1.29. The summed E-state index contributed by atoms with van der Waals surface area (Å²) in [5, 5.41) is 2.18. The lowest BCUT2D eigenvalue weighted by Crippen LogP contribution is -2.24. The number of nitrogens with one attached hydrogen (secondary N) is 1. The molecule has 2 aliphatic rings. The van der Waals surface area contributed by atoms with Crippen LogP contribution in [0.25, 0.3) is 5.69 Å². The van der Waals surface area contributed by atoms with Crippen LogP contribution in [-0.2, 0) is 19.6 Å². The normalized spacial score (nSPS) is 15.3. The number of amides is 2. The molecule has 0 fully saturated rings. The molecule has 0 unspecified atom stereocenters. The van der Waals surface area contributed by atoms with Crippen LogP contribution >= 0.6 is 0 Å². The number of hydrogen-bond acceptors (Lipinski definition) is 5. The Morgan fingerprint density at radius 1 is 0.897 bits per heavy atom. The van der Waals surface area contributed by atoms with Gasteiger partial charge in [0.1, 0.15) is 5.82 Å². The van der Waals surface area contributed by atoms with Crippen molar-refractivity contribution in [1.82, 2.24) is 14.8 Å². The van der Waals surface area contributed by atoms with E-state index in [1.807, 2.05) is 36.4 Å². The summed E-state index contributed by atoms with van der Waals surface area (Å²) in [5.74, 6) is -1.19. The van der Waals surface area contributed by atoms with Gasteiger partial charge in [-0.1, -0.05) is 36.4 Å². The van der Waals surface area contributed by atoms with Crippen molar-refractivity contribution in [2.75, 3.05) is 5.73 Å². The molecule has 2 aromatic carbocycles. The van der Waals surface area contributed by atoms with Crippen molar-refractivity contribution in [3.63, 3.8) is 0 Å². The Balaban J connectivity index is 1.49. The molecule has 7 heteroatoms. The van der Waals surface area contributed by atoms with Crippen molar-refractivity contribution in [3.05, 3.63) is 92.8 Å². The summed E-state index contributed by atoms with van der Waals surface area (Å²) in [7, 11) is 0. The number of aromatic nitrogens is 1. The molecule has 2 amide bonds. The Morgan fingerprint density at radius 2 is 1.66 bits per heavy atom. The largest absolute Gasteiger partial charge is 0.384 e. The van der Waals surface area contributed by atoms with Crippen LogP contribution in [-0.4, -0.2) is 21.3 Å². The molecular formula is C22H18N4O3. The summed E-state index contributed by atoms with van der Waals surface area (Å²) in [6.07, 6.45) is 0. The summed E-state index contributed by atoms with van der Waals surface area (Å²) in [6, 6.07) is 17.2. The van der Waals surface area contributed by atoms with Gasteiger partial charge in [-0.3, -0.25) is 29.2 Å². The molecule has 29 heavy (non-hydrogen) atoms. The molecule has 0 atom stereocenters. The Labute approximate surface area is 166 Å². The van der Waals surface area contributed by atoms with Crippen molar-refractivity contribution >= 4 is 17.6 Å². The highest BCUT2D eigenvalue weighted by Gasteiger charge is 2.32. The highest BCUT2D eigenvalue weighted by Crippen LogP contribution is 2.28. The van der Waals surface area contributed by atoms with Crippen LogP contribution < -0.4 is 16.6 Å². The fourth-order valence-electron chi connectivity index (χ4n) is 4.09. The first-order valence-electron chi connectivity index (χ1n) is 9.31. The lowest BCUT2D eigenvalue weighted by atomic mass is 10.1. The average Bonchev–Trinajstić information content (AvgIpc) is 3.22. The molecule has 5 rings (SSSR count). The number of fused-ring (bicyclic) bond motifs is 2. The standard InChI is InChI=1S/C22H18N4O3/c23-20-19-17(21(28)24-22(19)29)9-18(27)26(20)16-7-6-14-11-25(12-15(14)8-16)10-13-4-2-1-3-5-13/h1-9H,10-12,23H2,(H,24,28,29). The molecule has 0 radical (unpaired) electrons. The Hall–Kier alpha value is -3.71. The third-order valence-corrected chi connectivity index (χ3v) is 5.44. The summed E-state index contributed by atoms with van der Waals surface area (Å²) >= 11 is 0. The number of anilines is 1. The number of benzene rings is 2. The minimum Gasteiger partial charge on any atom is -0.384 e. The molecule has 3 aromatic rings.